The summed E-state index contributed by atoms with van der Waals surface area (Å²) in [5.74, 6) is 0.159. The number of aliphatic carboxylic acids is 1. The van der Waals surface area contributed by atoms with Crippen molar-refractivity contribution in [2.45, 2.75) is 25.8 Å². The summed E-state index contributed by atoms with van der Waals surface area (Å²) in [4.78, 5) is 39.4. The lowest BCUT2D eigenvalue weighted by molar-refractivity contribution is -0.137. The van der Waals surface area contributed by atoms with Crippen molar-refractivity contribution in [2.24, 2.45) is 0 Å². The first-order valence-corrected chi connectivity index (χ1v) is 9.58. The fraction of sp³-hybridized carbons (Fsp3) is 0.286. The predicted octanol–water partition coefficient (Wildman–Crippen LogP) is 2.43. The average Bonchev–Trinajstić information content (AvgIpc) is 3.27. The van der Waals surface area contributed by atoms with Gasteiger partial charge in [-0.25, -0.2) is 15.0 Å². The lowest BCUT2D eigenvalue weighted by Gasteiger charge is -2.14. The molecule has 0 saturated carbocycles. The molecule has 29 heavy (non-hydrogen) atoms. The third kappa shape index (κ3) is 4.16. The summed E-state index contributed by atoms with van der Waals surface area (Å²) in [7, 11) is 0. The maximum Gasteiger partial charge on any atom is 0.305 e. The van der Waals surface area contributed by atoms with Crippen LogP contribution in [0.5, 0.6) is 0 Å². The van der Waals surface area contributed by atoms with Gasteiger partial charge in [-0.2, -0.15) is 0 Å². The molecule has 2 aromatic heterocycles. The molecule has 0 unspecified atom stereocenters. The molecule has 8 heteroatoms. The number of para-hydroxylation sites is 1. The van der Waals surface area contributed by atoms with Crippen LogP contribution in [0.3, 0.4) is 0 Å². The van der Waals surface area contributed by atoms with Crippen molar-refractivity contribution in [1.82, 2.24) is 19.5 Å². The molecule has 1 N–H and O–H groups in total. The quantitative estimate of drug-likeness (QED) is 0.689. The minimum absolute atomic E-state index is 0.0517. The molecule has 0 aliphatic carbocycles. The van der Waals surface area contributed by atoms with Crippen LogP contribution in [0.4, 0.5) is 5.95 Å². The van der Waals surface area contributed by atoms with Gasteiger partial charge in [-0.15, -0.1) is 0 Å². The summed E-state index contributed by atoms with van der Waals surface area (Å²) in [5, 5.41) is 9.49. The summed E-state index contributed by atoms with van der Waals surface area (Å²) in [6.07, 6.45) is 9.11. The second kappa shape index (κ2) is 8.22. The Hall–Kier alpha value is -3.55. The maximum atomic E-state index is 12.8. The van der Waals surface area contributed by atoms with Crippen molar-refractivity contribution in [2.75, 3.05) is 18.0 Å². The van der Waals surface area contributed by atoms with Crippen LogP contribution in [0.25, 0.3) is 23.1 Å². The van der Waals surface area contributed by atoms with E-state index in [9.17, 15) is 9.59 Å². The zero-order chi connectivity index (χ0) is 20.2. The van der Waals surface area contributed by atoms with Gasteiger partial charge in [0.25, 0.3) is 5.56 Å². The highest BCUT2D eigenvalue weighted by atomic mass is 16.4. The first-order chi connectivity index (χ1) is 14.1. The van der Waals surface area contributed by atoms with Crippen molar-refractivity contribution >= 4 is 35.0 Å². The molecular weight excluding hydrogens is 370 g/mol. The summed E-state index contributed by atoms with van der Waals surface area (Å²) in [6.45, 7) is 2.01. The highest BCUT2D eigenvalue weighted by Crippen LogP contribution is 2.16. The molecular formula is C21H21N5O3. The number of aromatic nitrogens is 4. The topological polar surface area (TPSA) is 101 Å². The summed E-state index contributed by atoms with van der Waals surface area (Å²) in [5.41, 5.74) is 1.10. The number of carbonyl (C=O) groups is 1. The molecule has 8 nitrogen and oxygen atoms in total. The Morgan fingerprint density at radius 2 is 1.83 bits per heavy atom. The van der Waals surface area contributed by atoms with Crippen molar-refractivity contribution < 1.29 is 9.90 Å². The number of hydrogen-bond donors (Lipinski definition) is 1. The molecule has 1 aromatic carbocycles. The Morgan fingerprint density at radius 3 is 2.55 bits per heavy atom. The second-order valence-electron chi connectivity index (χ2n) is 6.93. The maximum absolute atomic E-state index is 12.8. The first kappa shape index (κ1) is 18.8. The van der Waals surface area contributed by atoms with Crippen LogP contribution in [-0.2, 0) is 11.3 Å². The highest BCUT2D eigenvalue weighted by Gasteiger charge is 2.14. The molecule has 1 aliphatic heterocycles. The van der Waals surface area contributed by atoms with E-state index in [1.54, 1.807) is 42.7 Å². The monoisotopic (exact) mass is 391 g/mol. The summed E-state index contributed by atoms with van der Waals surface area (Å²) in [6, 6.07) is 7.04. The number of hydrogen-bond acceptors (Lipinski definition) is 6. The van der Waals surface area contributed by atoms with E-state index in [0.717, 1.165) is 37.4 Å². The van der Waals surface area contributed by atoms with Crippen LogP contribution in [0.1, 0.15) is 30.7 Å². The molecule has 3 heterocycles. The van der Waals surface area contributed by atoms with Gasteiger partial charge in [-0.05, 0) is 37.1 Å². The molecule has 1 fully saturated rings. The van der Waals surface area contributed by atoms with Crippen LogP contribution in [0.15, 0.2) is 41.5 Å². The Kier molecular flexibility index (Phi) is 5.33. The molecule has 1 saturated heterocycles. The molecule has 0 atom stereocenters. The highest BCUT2D eigenvalue weighted by molar-refractivity contribution is 5.79. The third-order valence-electron chi connectivity index (χ3n) is 4.91. The number of benzene rings is 1. The largest absolute Gasteiger partial charge is 0.481 e. The first-order valence-electron chi connectivity index (χ1n) is 9.58. The minimum atomic E-state index is -0.967. The van der Waals surface area contributed by atoms with Crippen LogP contribution < -0.4 is 10.5 Å². The van der Waals surface area contributed by atoms with Crippen molar-refractivity contribution in [3.63, 3.8) is 0 Å². The van der Waals surface area contributed by atoms with Crippen molar-refractivity contribution in [3.05, 3.63) is 58.4 Å². The van der Waals surface area contributed by atoms with E-state index in [1.165, 1.54) is 4.57 Å². The zero-order valence-corrected chi connectivity index (χ0v) is 15.9. The Morgan fingerprint density at radius 1 is 1.10 bits per heavy atom. The lowest BCUT2D eigenvalue weighted by atomic mass is 10.2. The van der Waals surface area contributed by atoms with Gasteiger partial charge in [0.05, 0.1) is 17.3 Å². The molecule has 1 aliphatic rings. The fourth-order valence-corrected chi connectivity index (χ4v) is 3.40. The van der Waals surface area contributed by atoms with Crippen molar-refractivity contribution in [3.8, 4) is 0 Å². The van der Waals surface area contributed by atoms with Gasteiger partial charge in [0.2, 0.25) is 5.95 Å². The summed E-state index contributed by atoms with van der Waals surface area (Å²) >= 11 is 0. The van der Waals surface area contributed by atoms with E-state index in [1.807, 2.05) is 6.07 Å². The number of fused-ring (bicyclic) bond motifs is 1. The standard InChI is InChI=1S/C21H21N5O3/c27-19(28)9-12-26-18(24-17-6-2-1-5-16(17)20(26)29)8-7-15-13-22-21(23-14-15)25-10-3-4-11-25/h1-2,5-8,13-14H,3-4,9-12H2,(H,27,28)/b8-7-. The van der Waals surface area contributed by atoms with E-state index in [0.29, 0.717) is 16.7 Å². The van der Waals surface area contributed by atoms with Gasteiger partial charge in [0, 0.05) is 37.6 Å². The van der Waals surface area contributed by atoms with Crippen molar-refractivity contribution in [1.29, 1.82) is 0 Å². The third-order valence-corrected chi connectivity index (χ3v) is 4.91. The number of carboxylic acids is 1. The molecule has 0 bridgehead atoms. The van der Waals surface area contributed by atoms with Gasteiger partial charge in [0.1, 0.15) is 5.82 Å². The molecule has 0 amide bonds. The van der Waals surface area contributed by atoms with Gasteiger partial charge in [-0.1, -0.05) is 12.1 Å². The number of rotatable bonds is 6. The van der Waals surface area contributed by atoms with E-state index >= 15 is 0 Å². The Labute approximate surface area is 167 Å². The number of anilines is 1. The molecule has 4 rings (SSSR count). The minimum Gasteiger partial charge on any atom is -0.481 e. The van der Waals surface area contributed by atoms with E-state index in [2.05, 4.69) is 19.9 Å². The number of nitrogens with zero attached hydrogens (tertiary/aromatic N) is 5. The van der Waals surface area contributed by atoms with E-state index in [4.69, 9.17) is 5.11 Å². The van der Waals surface area contributed by atoms with Gasteiger partial charge < -0.3 is 10.0 Å². The van der Waals surface area contributed by atoms with Gasteiger partial charge in [-0.3, -0.25) is 14.2 Å². The zero-order valence-electron chi connectivity index (χ0n) is 15.9. The van der Waals surface area contributed by atoms with Crippen LogP contribution in [0, 0.1) is 0 Å². The van der Waals surface area contributed by atoms with E-state index < -0.39 is 5.97 Å². The number of carboxylic acid groups (broad SMARTS) is 1. The average molecular weight is 391 g/mol. The fourth-order valence-electron chi connectivity index (χ4n) is 3.40. The molecule has 0 spiro atoms. The van der Waals surface area contributed by atoms with Crippen LogP contribution in [0.2, 0.25) is 0 Å². The van der Waals surface area contributed by atoms with E-state index in [-0.39, 0.29) is 18.5 Å². The Balaban J connectivity index is 1.65. The van der Waals surface area contributed by atoms with Crippen LogP contribution in [-0.4, -0.2) is 43.7 Å². The second-order valence-corrected chi connectivity index (χ2v) is 6.93. The summed E-state index contributed by atoms with van der Waals surface area (Å²) < 4.78 is 1.40. The smallest absolute Gasteiger partial charge is 0.305 e. The van der Waals surface area contributed by atoms with Gasteiger partial charge in [0.15, 0.2) is 0 Å². The SMILES string of the molecule is O=C(O)CCn1c(/C=C\c2cnc(N3CCCC3)nc2)nc2ccccc2c1=O. The Bertz CT molecular complexity index is 1120. The lowest BCUT2D eigenvalue weighted by Crippen LogP contribution is -2.25. The molecule has 0 radical (unpaired) electrons. The molecule has 3 aromatic rings. The molecule has 148 valence electrons. The normalized spacial score (nSPS) is 14.1. The predicted molar refractivity (Wildman–Crippen MR) is 111 cm³/mol. The van der Waals surface area contributed by atoms with Crippen LogP contribution >= 0.6 is 0 Å². The van der Waals surface area contributed by atoms with Gasteiger partial charge >= 0.3 is 5.97 Å².